The van der Waals surface area contributed by atoms with Crippen molar-refractivity contribution in [1.29, 1.82) is 0 Å². The molecule has 2 aromatic carbocycles. The van der Waals surface area contributed by atoms with Crippen molar-refractivity contribution in [2.75, 3.05) is 74.6 Å². The minimum absolute atomic E-state index is 0.0501. The highest BCUT2D eigenvalue weighted by Crippen LogP contribution is 2.47. The fourth-order valence-electron chi connectivity index (χ4n) is 6.92. The summed E-state index contributed by atoms with van der Waals surface area (Å²) in [7, 11) is 8.11. The van der Waals surface area contributed by atoms with E-state index in [-0.39, 0.29) is 38.0 Å². The molecule has 11 nitrogen and oxygen atoms in total. The molecule has 252 valence electrons. The molecule has 1 saturated heterocycles. The normalized spacial score (nSPS) is 20.2. The van der Waals surface area contributed by atoms with Crippen molar-refractivity contribution in [1.82, 2.24) is 9.80 Å². The molecule has 1 N–H and O–H groups in total. The molecular weight excluding hydrogens is 590 g/mol. The third-order valence-electron chi connectivity index (χ3n) is 9.31. The molecule has 3 aliphatic heterocycles. The minimum Gasteiger partial charge on any atom is -0.493 e. The van der Waals surface area contributed by atoms with Crippen molar-refractivity contribution >= 4 is 11.9 Å². The lowest BCUT2D eigenvalue weighted by Gasteiger charge is -2.30. The fraction of sp³-hybridized carbons (Fsp3) is 0.600. The Hall–Kier alpha value is -3.70. The van der Waals surface area contributed by atoms with Gasteiger partial charge in [0, 0.05) is 31.6 Å². The molecule has 1 fully saturated rings. The van der Waals surface area contributed by atoms with Crippen LogP contribution in [-0.4, -0.2) is 112 Å². The number of carbonyl (C=O) groups excluding carboxylic acids is 1. The molecule has 0 saturated carbocycles. The first-order valence-electron chi connectivity index (χ1n) is 16.5. The number of hydrogen-bond acceptors (Lipinski definition) is 8. The Labute approximate surface area is 272 Å². The standard InChI is InChI=1S/C35H49N3O8/c1-6-7-15-36(16-8-9-17-38(2,3)4)31(39)21-37-20-26(25-18-29(42-5)34-30(19-25)44-23-46-34)32(35(40)41)27(37)14-13-24-11-10-12-28-33(24)45-22-43-28/h10-12,18-19,26-27,32H,6-9,13-17,20-23H2,1-5H3/p+1/t26-,27+,32?/m1/s1. The number of quaternary nitrogens is 1. The van der Waals surface area contributed by atoms with Gasteiger partial charge in [-0.3, -0.25) is 14.5 Å². The number of aryl methyl sites for hydroxylation is 1. The van der Waals surface area contributed by atoms with Crippen molar-refractivity contribution in [2.24, 2.45) is 5.92 Å². The molecule has 11 heteroatoms. The summed E-state index contributed by atoms with van der Waals surface area (Å²) in [5.41, 5.74) is 1.77. The third-order valence-corrected chi connectivity index (χ3v) is 9.31. The molecule has 3 aliphatic rings. The number of carboxylic acid groups (broad SMARTS) is 1. The molecule has 0 radical (unpaired) electrons. The zero-order chi connectivity index (χ0) is 32.8. The van der Waals surface area contributed by atoms with Crippen molar-refractivity contribution in [3.63, 3.8) is 0 Å². The maximum Gasteiger partial charge on any atom is 0.308 e. The Morgan fingerprint density at radius 2 is 1.74 bits per heavy atom. The number of aliphatic carboxylic acids is 1. The first-order valence-corrected chi connectivity index (χ1v) is 16.5. The number of fused-ring (bicyclic) bond motifs is 2. The van der Waals surface area contributed by atoms with Gasteiger partial charge in [-0.15, -0.1) is 0 Å². The first kappa shape index (κ1) is 33.7. The lowest BCUT2D eigenvalue weighted by atomic mass is 9.83. The Kier molecular flexibility index (Phi) is 10.8. The second-order valence-electron chi connectivity index (χ2n) is 13.6. The van der Waals surface area contributed by atoms with E-state index in [0.717, 1.165) is 47.8 Å². The van der Waals surface area contributed by atoms with E-state index in [9.17, 15) is 14.7 Å². The largest absolute Gasteiger partial charge is 0.493 e. The first-order chi connectivity index (χ1) is 22.1. The highest BCUT2D eigenvalue weighted by molar-refractivity contribution is 5.79. The van der Waals surface area contributed by atoms with E-state index in [4.69, 9.17) is 23.7 Å². The maximum absolute atomic E-state index is 14.0. The number of para-hydroxylation sites is 1. The summed E-state index contributed by atoms with van der Waals surface area (Å²) < 4.78 is 29.1. The Balaban J connectivity index is 1.40. The molecular formula is C35H50N3O8+. The summed E-state index contributed by atoms with van der Waals surface area (Å²) in [5.74, 6) is 1.03. The number of carboxylic acids is 1. The lowest BCUT2D eigenvalue weighted by Crippen LogP contribution is -2.45. The summed E-state index contributed by atoms with van der Waals surface area (Å²) in [6, 6.07) is 9.14. The van der Waals surface area contributed by atoms with Gasteiger partial charge in [0.2, 0.25) is 25.2 Å². The molecule has 0 aliphatic carbocycles. The van der Waals surface area contributed by atoms with Crippen LogP contribution >= 0.6 is 0 Å². The molecule has 0 aromatic heterocycles. The molecule has 3 atom stereocenters. The number of likely N-dealkylation sites (tertiary alicyclic amines) is 1. The van der Waals surface area contributed by atoms with Crippen molar-refractivity contribution in [3.8, 4) is 28.7 Å². The molecule has 2 aromatic rings. The predicted octanol–water partition coefficient (Wildman–Crippen LogP) is 4.37. The smallest absolute Gasteiger partial charge is 0.308 e. The number of amides is 1. The van der Waals surface area contributed by atoms with Crippen molar-refractivity contribution in [3.05, 3.63) is 41.5 Å². The second kappa shape index (κ2) is 14.8. The summed E-state index contributed by atoms with van der Waals surface area (Å²) in [6.45, 7) is 5.43. The van der Waals surface area contributed by atoms with Gasteiger partial charge in [0.15, 0.2) is 23.0 Å². The number of benzene rings is 2. The average Bonchev–Trinajstić information content (AvgIpc) is 3.77. The number of unbranched alkanes of at least 4 members (excludes halogenated alkanes) is 2. The van der Waals surface area contributed by atoms with Crippen LogP contribution in [0.5, 0.6) is 28.7 Å². The van der Waals surface area contributed by atoms with Gasteiger partial charge in [0.05, 0.1) is 47.3 Å². The minimum atomic E-state index is -0.886. The predicted molar refractivity (Wildman–Crippen MR) is 173 cm³/mol. The van der Waals surface area contributed by atoms with Gasteiger partial charge in [-0.1, -0.05) is 25.5 Å². The van der Waals surface area contributed by atoms with E-state index in [1.807, 2.05) is 35.2 Å². The fourth-order valence-corrected chi connectivity index (χ4v) is 6.92. The number of rotatable bonds is 16. The number of ether oxygens (including phenoxy) is 5. The van der Waals surface area contributed by atoms with E-state index in [2.05, 4.69) is 33.0 Å². The van der Waals surface area contributed by atoms with Gasteiger partial charge >= 0.3 is 5.97 Å². The van der Waals surface area contributed by atoms with Crippen LogP contribution in [0.2, 0.25) is 0 Å². The third kappa shape index (κ3) is 7.81. The zero-order valence-electron chi connectivity index (χ0n) is 28.0. The Morgan fingerprint density at radius 1 is 1.00 bits per heavy atom. The van der Waals surface area contributed by atoms with E-state index in [1.54, 1.807) is 7.11 Å². The summed E-state index contributed by atoms with van der Waals surface area (Å²) >= 11 is 0. The Morgan fingerprint density at radius 3 is 2.46 bits per heavy atom. The lowest BCUT2D eigenvalue weighted by molar-refractivity contribution is -0.870. The number of carbonyl (C=O) groups is 2. The van der Waals surface area contributed by atoms with Gasteiger partial charge < -0.3 is 38.2 Å². The zero-order valence-corrected chi connectivity index (χ0v) is 28.0. The van der Waals surface area contributed by atoms with Crippen LogP contribution in [0, 0.1) is 5.92 Å². The molecule has 1 unspecified atom stereocenters. The van der Waals surface area contributed by atoms with Gasteiger partial charge in [0.1, 0.15) is 0 Å². The van der Waals surface area contributed by atoms with E-state index >= 15 is 0 Å². The number of methoxy groups -OCH3 is 1. The molecule has 46 heavy (non-hydrogen) atoms. The van der Waals surface area contributed by atoms with E-state index < -0.39 is 11.9 Å². The van der Waals surface area contributed by atoms with Gasteiger partial charge in [0.25, 0.3) is 0 Å². The van der Waals surface area contributed by atoms with Crippen LogP contribution in [0.15, 0.2) is 30.3 Å². The summed E-state index contributed by atoms with van der Waals surface area (Å²) in [4.78, 5) is 31.1. The number of hydrogen-bond donors (Lipinski definition) is 1. The highest BCUT2D eigenvalue weighted by Gasteiger charge is 2.47. The monoisotopic (exact) mass is 640 g/mol. The van der Waals surface area contributed by atoms with Crippen LogP contribution < -0.4 is 23.7 Å². The molecule has 0 bridgehead atoms. The Bertz CT molecular complexity index is 1380. The van der Waals surface area contributed by atoms with Crippen LogP contribution in [0.4, 0.5) is 0 Å². The van der Waals surface area contributed by atoms with Gasteiger partial charge in [-0.05, 0) is 61.4 Å². The molecule has 5 rings (SSSR count). The van der Waals surface area contributed by atoms with Crippen molar-refractivity contribution < 1.29 is 42.9 Å². The molecule has 3 heterocycles. The van der Waals surface area contributed by atoms with Crippen molar-refractivity contribution in [2.45, 2.75) is 57.4 Å². The summed E-state index contributed by atoms with van der Waals surface area (Å²) in [6.07, 6.45) is 5.04. The van der Waals surface area contributed by atoms with E-state index in [1.165, 1.54) is 0 Å². The number of nitrogens with zero attached hydrogens (tertiary/aromatic N) is 3. The average molecular weight is 641 g/mol. The quantitative estimate of drug-likeness (QED) is 0.212. The van der Waals surface area contributed by atoms with Gasteiger partial charge in [-0.25, -0.2) is 0 Å². The maximum atomic E-state index is 14.0. The second-order valence-corrected chi connectivity index (χ2v) is 13.6. The van der Waals surface area contributed by atoms with Crippen LogP contribution in [0.1, 0.15) is 56.1 Å². The van der Waals surface area contributed by atoms with E-state index in [0.29, 0.717) is 61.2 Å². The molecule has 1 amide bonds. The van der Waals surface area contributed by atoms with Gasteiger partial charge in [-0.2, -0.15) is 0 Å². The topological polar surface area (TPSA) is 107 Å². The van der Waals surface area contributed by atoms with Crippen LogP contribution in [0.25, 0.3) is 0 Å². The highest BCUT2D eigenvalue weighted by atomic mass is 16.7. The summed E-state index contributed by atoms with van der Waals surface area (Å²) in [5, 5.41) is 10.7. The molecule has 0 spiro atoms. The van der Waals surface area contributed by atoms with Crippen LogP contribution in [-0.2, 0) is 16.0 Å². The van der Waals surface area contributed by atoms with Crippen LogP contribution in [0.3, 0.4) is 0 Å². The SMILES string of the molecule is CCCCN(CCCC[N+](C)(C)C)C(=O)CN1C[C@H](c2cc(OC)c3c(c2)OCO3)C(C(=O)O)[C@@H]1CCc1cccc2c1OCO2.